The molecule has 0 fully saturated rings. The zero-order chi connectivity index (χ0) is 9.56. The third-order valence-corrected chi connectivity index (χ3v) is 1.56. The number of amides is 1. The van der Waals surface area contributed by atoms with Gasteiger partial charge in [0.2, 0.25) is 5.91 Å². The molecule has 12 heavy (non-hydrogen) atoms. The van der Waals surface area contributed by atoms with E-state index in [-0.39, 0.29) is 12.3 Å². The number of primary amides is 1. The van der Waals surface area contributed by atoms with Crippen LogP contribution in [0, 0.1) is 0 Å². The Balaban J connectivity index is 3.67. The topological polar surface area (TPSA) is 69.4 Å². The van der Waals surface area contributed by atoms with Crippen molar-refractivity contribution in [3.63, 3.8) is 0 Å². The molecule has 4 nitrogen and oxygen atoms in total. The van der Waals surface area contributed by atoms with Crippen LogP contribution in [0.4, 0.5) is 0 Å². The summed E-state index contributed by atoms with van der Waals surface area (Å²) in [6.45, 7) is 1.30. The second-order valence-corrected chi connectivity index (χ2v) is 2.70. The number of esters is 1. The molecule has 0 aromatic heterocycles. The van der Waals surface area contributed by atoms with Crippen LogP contribution < -0.4 is 5.73 Å². The van der Waals surface area contributed by atoms with Gasteiger partial charge in [-0.05, 0) is 6.42 Å². The van der Waals surface area contributed by atoms with E-state index in [4.69, 9.17) is 22.1 Å². The number of halogens is 1. The van der Waals surface area contributed by atoms with Crippen molar-refractivity contribution < 1.29 is 14.3 Å². The van der Waals surface area contributed by atoms with Gasteiger partial charge in [-0.25, -0.2) is 0 Å². The Morgan fingerprint density at radius 2 is 2.17 bits per heavy atom. The summed E-state index contributed by atoms with van der Waals surface area (Å²) < 4.78 is 4.77. The Labute approximate surface area is 76.0 Å². The summed E-state index contributed by atoms with van der Waals surface area (Å²) in [6, 6.07) is 0. The van der Waals surface area contributed by atoms with E-state index in [1.165, 1.54) is 6.92 Å². The molecule has 0 saturated carbocycles. The van der Waals surface area contributed by atoms with Crippen molar-refractivity contribution in [2.24, 2.45) is 5.73 Å². The zero-order valence-electron chi connectivity index (χ0n) is 6.88. The van der Waals surface area contributed by atoms with E-state index in [9.17, 15) is 9.59 Å². The number of carbonyl (C=O) groups excluding carboxylic acids is 2. The fraction of sp³-hybridized carbons (Fsp3) is 0.714. The SMILES string of the molecule is CC(=O)O[C@H](CCl)CCC(N)=O. The van der Waals surface area contributed by atoms with Crippen molar-refractivity contribution in [2.75, 3.05) is 5.88 Å². The second kappa shape index (κ2) is 5.83. The molecule has 2 N–H and O–H groups in total. The Hall–Kier alpha value is -0.770. The fourth-order valence-electron chi connectivity index (χ4n) is 0.706. The average molecular weight is 194 g/mol. The summed E-state index contributed by atoms with van der Waals surface area (Å²) >= 11 is 5.47. The van der Waals surface area contributed by atoms with Gasteiger partial charge < -0.3 is 10.5 Å². The number of rotatable bonds is 5. The molecule has 70 valence electrons. The lowest BCUT2D eigenvalue weighted by Crippen LogP contribution is -2.21. The highest BCUT2D eigenvalue weighted by Crippen LogP contribution is 2.04. The minimum absolute atomic E-state index is 0.185. The molecule has 0 rings (SSSR count). The minimum Gasteiger partial charge on any atom is -0.461 e. The van der Waals surface area contributed by atoms with Crippen molar-refractivity contribution in [1.29, 1.82) is 0 Å². The van der Waals surface area contributed by atoms with Gasteiger partial charge in [0.15, 0.2) is 0 Å². The van der Waals surface area contributed by atoms with E-state index in [1.54, 1.807) is 0 Å². The van der Waals surface area contributed by atoms with Crippen molar-refractivity contribution >= 4 is 23.5 Å². The van der Waals surface area contributed by atoms with Crippen LogP contribution in [0.15, 0.2) is 0 Å². The number of hydrogen-bond acceptors (Lipinski definition) is 3. The second-order valence-electron chi connectivity index (χ2n) is 2.39. The van der Waals surface area contributed by atoms with Crippen LogP contribution in [0.3, 0.4) is 0 Å². The number of hydrogen-bond donors (Lipinski definition) is 1. The molecule has 1 amide bonds. The van der Waals surface area contributed by atoms with Gasteiger partial charge in [0, 0.05) is 13.3 Å². The van der Waals surface area contributed by atoms with E-state index in [1.807, 2.05) is 0 Å². The monoisotopic (exact) mass is 193 g/mol. The van der Waals surface area contributed by atoms with E-state index < -0.39 is 18.0 Å². The Kier molecular flexibility index (Phi) is 5.45. The van der Waals surface area contributed by atoms with Gasteiger partial charge in [-0.2, -0.15) is 0 Å². The standard InChI is InChI=1S/C7H12ClNO3/c1-5(10)12-6(4-8)2-3-7(9)11/h6H,2-4H2,1H3,(H2,9,11)/t6-/m0/s1. The molecule has 5 heteroatoms. The third kappa shape index (κ3) is 5.97. The van der Waals surface area contributed by atoms with Crippen LogP contribution in [-0.4, -0.2) is 23.9 Å². The quantitative estimate of drug-likeness (QED) is 0.508. The van der Waals surface area contributed by atoms with Crippen molar-refractivity contribution in [3.8, 4) is 0 Å². The highest BCUT2D eigenvalue weighted by molar-refractivity contribution is 6.18. The van der Waals surface area contributed by atoms with Crippen molar-refractivity contribution in [2.45, 2.75) is 25.9 Å². The summed E-state index contributed by atoms with van der Waals surface area (Å²) in [7, 11) is 0. The molecule has 0 radical (unpaired) electrons. The molecule has 1 atom stereocenters. The first-order valence-electron chi connectivity index (χ1n) is 3.57. The van der Waals surface area contributed by atoms with E-state index in [0.717, 1.165) is 0 Å². The third-order valence-electron chi connectivity index (χ3n) is 1.22. The van der Waals surface area contributed by atoms with Gasteiger partial charge in [-0.15, -0.1) is 11.6 Å². The number of carbonyl (C=O) groups is 2. The maximum absolute atomic E-state index is 10.5. The molecule has 0 aromatic rings. The highest BCUT2D eigenvalue weighted by Gasteiger charge is 2.11. The van der Waals surface area contributed by atoms with Crippen LogP contribution in [0.5, 0.6) is 0 Å². The average Bonchev–Trinajstić information content (AvgIpc) is 1.97. The summed E-state index contributed by atoms with van der Waals surface area (Å²) in [4.78, 5) is 20.8. The first-order valence-corrected chi connectivity index (χ1v) is 4.11. The lowest BCUT2D eigenvalue weighted by molar-refractivity contribution is -0.146. The maximum Gasteiger partial charge on any atom is 0.302 e. The van der Waals surface area contributed by atoms with Gasteiger partial charge in [-0.1, -0.05) is 0 Å². The van der Waals surface area contributed by atoms with Crippen LogP contribution in [-0.2, 0) is 14.3 Å². The Morgan fingerprint density at radius 1 is 1.58 bits per heavy atom. The molecule has 0 bridgehead atoms. The smallest absolute Gasteiger partial charge is 0.302 e. The Morgan fingerprint density at radius 3 is 2.50 bits per heavy atom. The summed E-state index contributed by atoms with van der Waals surface area (Å²) in [6.07, 6.45) is 0.167. The molecule has 0 spiro atoms. The van der Waals surface area contributed by atoms with Crippen molar-refractivity contribution in [1.82, 2.24) is 0 Å². The van der Waals surface area contributed by atoms with Gasteiger partial charge in [0.05, 0.1) is 5.88 Å². The fourth-order valence-corrected chi connectivity index (χ4v) is 0.923. The molecule has 0 saturated heterocycles. The van der Waals surface area contributed by atoms with E-state index >= 15 is 0 Å². The first kappa shape index (κ1) is 11.2. The maximum atomic E-state index is 10.5. The lowest BCUT2D eigenvalue weighted by Gasteiger charge is -2.12. The molecule has 0 aliphatic carbocycles. The molecule has 0 unspecified atom stereocenters. The van der Waals surface area contributed by atoms with Crippen LogP contribution in [0.25, 0.3) is 0 Å². The van der Waals surface area contributed by atoms with Crippen LogP contribution >= 0.6 is 11.6 Å². The molecule has 0 aliphatic rings. The van der Waals surface area contributed by atoms with Crippen molar-refractivity contribution in [3.05, 3.63) is 0 Å². The number of ether oxygens (including phenoxy) is 1. The highest BCUT2D eigenvalue weighted by atomic mass is 35.5. The Bertz CT molecular complexity index is 172. The number of alkyl halides is 1. The number of nitrogens with two attached hydrogens (primary N) is 1. The molecule has 0 heterocycles. The van der Waals surface area contributed by atoms with E-state index in [2.05, 4.69) is 0 Å². The predicted octanol–water partition coefficient (Wildman–Crippen LogP) is 0.422. The minimum atomic E-state index is -0.419. The lowest BCUT2D eigenvalue weighted by atomic mass is 10.2. The molecule has 0 aliphatic heterocycles. The van der Waals surface area contributed by atoms with Gasteiger partial charge in [-0.3, -0.25) is 9.59 Å². The summed E-state index contributed by atoms with van der Waals surface area (Å²) in [5.41, 5.74) is 4.90. The van der Waals surface area contributed by atoms with Gasteiger partial charge >= 0.3 is 5.97 Å². The van der Waals surface area contributed by atoms with Gasteiger partial charge in [0.1, 0.15) is 6.10 Å². The largest absolute Gasteiger partial charge is 0.461 e. The normalized spacial score (nSPS) is 12.2. The predicted molar refractivity (Wildman–Crippen MR) is 44.7 cm³/mol. The summed E-state index contributed by atoms with van der Waals surface area (Å²) in [5, 5.41) is 0. The molecule has 0 aromatic carbocycles. The van der Waals surface area contributed by atoms with Crippen LogP contribution in [0.2, 0.25) is 0 Å². The summed E-state index contributed by atoms with van der Waals surface area (Å²) in [5.74, 6) is -0.630. The first-order chi connectivity index (χ1) is 5.56. The zero-order valence-corrected chi connectivity index (χ0v) is 7.63. The molecular formula is C7H12ClNO3. The van der Waals surface area contributed by atoms with Crippen LogP contribution in [0.1, 0.15) is 19.8 Å². The molecular weight excluding hydrogens is 182 g/mol. The van der Waals surface area contributed by atoms with Gasteiger partial charge in [0.25, 0.3) is 0 Å². The van der Waals surface area contributed by atoms with E-state index in [0.29, 0.717) is 6.42 Å².